The number of nitrogens with one attached hydrogen (secondary N) is 1. The highest BCUT2D eigenvalue weighted by atomic mass is 32.2. The van der Waals surface area contributed by atoms with Crippen LogP contribution >= 0.6 is 0 Å². The fourth-order valence-electron chi connectivity index (χ4n) is 3.79. The number of rotatable bonds is 5. The maximum atomic E-state index is 13.0. The fourth-order valence-corrected chi connectivity index (χ4v) is 5.47. The Morgan fingerprint density at radius 2 is 1.66 bits per heavy atom. The highest BCUT2D eigenvalue weighted by Gasteiger charge is 2.31. The maximum absolute atomic E-state index is 13.0. The number of nitrogens with zero attached hydrogens (tertiary/aromatic N) is 2. The smallest absolute Gasteiger partial charge is 0.255 e. The molecular formula is C22H29N3O3S. The van der Waals surface area contributed by atoms with E-state index in [1.165, 1.54) is 0 Å². The van der Waals surface area contributed by atoms with Gasteiger partial charge in [-0.1, -0.05) is 19.9 Å². The molecule has 1 fully saturated rings. The molecule has 0 spiro atoms. The van der Waals surface area contributed by atoms with E-state index in [1.54, 1.807) is 34.6 Å². The highest BCUT2D eigenvalue weighted by molar-refractivity contribution is 7.89. The van der Waals surface area contributed by atoms with Crippen LogP contribution in [0, 0.1) is 11.8 Å². The van der Waals surface area contributed by atoms with E-state index in [-0.39, 0.29) is 10.8 Å². The molecule has 2 aromatic carbocycles. The summed E-state index contributed by atoms with van der Waals surface area (Å²) in [5.41, 5.74) is 2.04. The monoisotopic (exact) mass is 415 g/mol. The van der Waals surface area contributed by atoms with E-state index in [4.69, 9.17) is 0 Å². The van der Waals surface area contributed by atoms with Crippen LogP contribution in [0.15, 0.2) is 53.4 Å². The van der Waals surface area contributed by atoms with Crippen LogP contribution in [0.5, 0.6) is 0 Å². The van der Waals surface area contributed by atoms with Crippen molar-refractivity contribution in [1.29, 1.82) is 0 Å². The molecule has 7 heteroatoms. The van der Waals surface area contributed by atoms with E-state index in [0.29, 0.717) is 36.2 Å². The number of benzene rings is 2. The average molecular weight is 416 g/mol. The Morgan fingerprint density at radius 3 is 2.24 bits per heavy atom. The Labute approximate surface area is 173 Å². The topological polar surface area (TPSA) is 69.7 Å². The number of amides is 1. The van der Waals surface area contributed by atoms with Gasteiger partial charge in [0.15, 0.2) is 0 Å². The minimum atomic E-state index is -3.53. The maximum Gasteiger partial charge on any atom is 0.255 e. The molecule has 1 aliphatic rings. The zero-order chi connectivity index (χ0) is 21.2. The standard InChI is InChI=1S/C22H29N3O3S/c1-16-12-17(2)15-25(14-16)29(27,28)21-10-8-19(9-11-21)23-22(26)18-6-5-7-20(13-18)24(3)4/h5-11,13,16-17H,12,14-15H2,1-4H3,(H,23,26)/t16-,17-/m1/s1. The molecular weight excluding hydrogens is 386 g/mol. The first kappa shape index (κ1) is 21.3. The van der Waals surface area contributed by atoms with E-state index in [9.17, 15) is 13.2 Å². The lowest BCUT2D eigenvalue weighted by Crippen LogP contribution is -2.42. The van der Waals surface area contributed by atoms with Gasteiger partial charge in [0, 0.05) is 44.1 Å². The lowest BCUT2D eigenvalue weighted by molar-refractivity contribution is 0.102. The minimum absolute atomic E-state index is 0.233. The van der Waals surface area contributed by atoms with Crippen LogP contribution in [0.4, 0.5) is 11.4 Å². The number of carbonyl (C=O) groups excluding carboxylic acids is 1. The summed E-state index contributed by atoms with van der Waals surface area (Å²) in [6, 6.07) is 13.7. The third-order valence-corrected chi connectivity index (χ3v) is 7.06. The molecule has 29 heavy (non-hydrogen) atoms. The van der Waals surface area contributed by atoms with Gasteiger partial charge >= 0.3 is 0 Å². The van der Waals surface area contributed by atoms with Gasteiger partial charge in [0.2, 0.25) is 10.0 Å². The molecule has 0 aromatic heterocycles. The zero-order valence-electron chi connectivity index (χ0n) is 17.4. The van der Waals surface area contributed by atoms with Gasteiger partial charge in [0.1, 0.15) is 0 Å². The van der Waals surface area contributed by atoms with Crippen LogP contribution in [-0.2, 0) is 10.0 Å². The number of hydrogen-bond donors (Lipinski definition) is 1. The summed E-state index contributed by atoms with van der Waals surface area (Å²) >= 11 is 0. The van der Waals surface area contributed by atoms with Crippen LogP contribution in [0.3, 0.4) is 0 Å². The van der Waals surface area contributed by atoms with Gasteiger partial charge in [-0.2, -0.15) is 4.31 Å². The Bertz CT molecular complexity index is 961. The molecule has 0 saturated carbocycles. The molecule has 3 rings (SSSR count). The molecule has 0 bridgehead atoms. The summed E-state index contributed by atoms with van der Waals surface area (Å²) in [4.78, 5) is 14.7. The molecule has 0 unspecified atom stereocenters. The minimum Gasteiger partial charge on any atom is -0.378 e. The van der Waals surface area contributed by atoms with Gasteiger partial charge in [0.05, 0.1) is 4.90 Å². The van der Waals surface area contributed by atoms with Crippen molar-refractivity contribution in [3.8, 4) is 0 Å². The summed E-state index contributed by atoms with van der Waals surface area (Å²) in [5.74, 6) is 0.470. The largest absolute Gasteiger partial charge is 0.378 e. The molecule has 0 radical (unpaired) electrons. The van der Waals surface area contributed by atoms with Crippen molar-refractivity contribution in [3.63, 3.8) is 0 Å². The third-order valence-electron chi connectivity index (χ3n) is 5.21. The molecule has 0 aliphatic carbocycles. The Balaban J connectivity index is 1.73. The van der Waals surface area contributed by atoms with E-state index in [2.05, 4.69) is 19.2 Å². The SMILES string of the molecule is C[C@@H]1C[C@@H](C)CN(S(=O)(=O)c2ccc(NC(=O)c3cccc(N(C)C)c3)cc2)C1. The number of carbonyl (C=O) groups is 1. The van der Waals surface area contributed by atoms with Gasteiger partial charge in [-0.25, -0.2) is 8.42 Å². The number of sulfonamides is 1. The van der Waals surface area contributed by atoms with Crippen molar-refractivity contribution < 1.29 is 13.2 Å². The Kier molecular flexibility index (Phi) is 6.29. The Hall–Kier alpha value is -2.38. The van der Waals surface area contributed by atoms with Crippen molar-refractivity contribution in [2.75, 3.05) is 37.4 Å². The van der Waals surface area contributed by atoms with Crippen LogP contribution in [0.1, 0.15) is 30.6 Å². The van der Waals surface area contributed by atoms with Gasteiger partial charge in [-0.05, 0) is 60.7 Å². The second-order valence-electron chi connectivity index (χ2n) is 8.19. The van der Waals surface area contributed by atoms with E-state index >= 15 is 0 Å². The normalized spacial score (nSPS) is 20.3. The van der Waals surface area contributed by atoms with E-state index in [1.807, 2.05) is 37.2 Å². The van der Waals surface area contributed by atoms with Gasteiger partial charge in [-0.3, -0.25) is 4.79 Å². The van der Waals surface area contributed by atoms with Crippen molar-refractivity contribution in [1.82, 2.24) is 4.31 Å². The van der Waals surface area contributed by atoms with Crippen molar-refractivity contribution >= 4 is 27.3 Å². The third kappa shape index (κ3) is 4.97. The first-order valence-corrected chi connectivity index (χ1v) is 11.3. The van der Waals surface area contributed by atoms with Crippen LogP contribution in [0.2, 0.25) is 0 Å². The molecule has 1 heterocycles. The van der Waals surface area contributed by atoms with Gasteiger partial charge < -0.3 is 10.2 Å². The highest BCUT2D eigenvalue weighted by Crippen LogP contribution is 2.27. The Morgan fingerprint density at radius 1 is 1.03 bits per heavy atom. The summed E-state index contributed by atoms with van der Waals surface area (Å²) < 4.78 is 27.5. The zero-order valence-corrected chi connectivity index (χ0v) is 18.2. The molecule has 1 saturated heterocycles. The van der Waals surface area contributed by atoms with Crippen molar-refractivity contribution in [3.05, 3.63) is 54.1 Å². The van der Waals surface area contributed by atoms with Crippen molar-refractivity contribution in [2.45, 2.75) is 25.2 Å². The summed E-state index contributed by atoms with van der Waals surface area (Å²) in [7, 11) is 0.308. The van der Waals surface area contributed by atoms with Crippen molar-refractivity contribution in [2.24, 2.45) is 11.8 Å². The van der Waals surface area contributed by atoms with Gasteiger partial charge in [0.25, 0.3) is 5.91 Å². The quantitative estimate of drug-likeness (QED) is 0.809. The summed E-state index contributed by atoms with van der Waals surface area (Å²) in [6.07, 6.45) is 1.05. The van der Waals surface area contributed by atoms with E-state index < -0.39 is 10.0 Å². The molecule has 6 nitrogen and oxygen atoms in total. The molecule has 1 aliphatic heterocycles. The van der Waals surface area contributed by atoms with Crippen LogP contribution in [-0.4, -0.2) is 45.8 Å². The lowest BCUT2D eigenvalue weighted by Gasteiger charge is -2.34. The van der Waals surface area contributed by atoms with Crippen LogP contribution in [0.25, 0.3) is 0 Å². The predicted octanol–water partition coefficient (Wildman–Crippen LogP) is 3.67. The van der Waals surface area contributed by atoms with Crippen LogP contribution < -0.4 is 10.2 Å². The first-order valence-electron chi connectivity index (χ1n) is 9.86. The fraction of sp³-hybridized carbons (Fsp3) is 0.409. The second-order valence-corrected chi connectivity index (χ2v) is 10.1. The molecule has 2 atom stereocenters. The van der Waals surface area contributed by atoms with E-state index in [0.717, 1.165) is 12.1 Å². The molecule has 1 N–H and O–H groups in total. The first-order chi connectivity index (χ1) is 13.7. The number of piperidine rings is 1. The predicted molar refractivity (Wildman–Crippen MR) is 117 cm³/mol. The summed E-state index contributed by atoms with van der Waals surface area (Å²) in [6.45, 7) is 5.27. The second kappa shape index (κ2) is 8.55. The molecule has 156 valence electrons. The molecule has 1 amide bonds. The number of hydrogen-bond acceptors (Lipinski definition) is 4. The lowest BCUT2D eigenvalue weighted by atomic mass is 9.94. The number of anilines is 2. The average Bonchev–Trinajstić information content (AvgIpc) is 2.67. The van der Waals surface area contributed by atoms with Gasteiger partial charge in [-0.15, -0.1) is 0 Å². The molecule has 2 aromatic rings. The summed E-state index contributed by atoms with van der Waals surface area (Å²) in [5, 5.41) is 2.83.